The van der Waals surface area contributed by atoms with Crippen LogP contribution in [0.3, 0.4) is 0 Å². The number of aldehydes is 1. The first-order chi connectivity index (χ1) is 49.6. The van der Waals surface area contributed by atoms with Crippen molar-refractivity contribution in [1.82, 2.24) is 19.6 Å². The van der Waals surface area contributed by atoms with E-state index < -0.39 is 40.9 Å². The van der Waals surface area contributed by atoms with Gasteiger partial charge in [0.1, 0.15) is 6.42 Å². The number of thiocarbonyl (C=S) groups is 2. The summed E-state index contributed by atoms with van der Waals surface area (Å²) in [5.41, 5.74) is 10.00. The molecule has 6 aliphatic rings. The van der Waals surface area contributed by atoms with Crippen molar-refractivity contribution in [3.63, 3.8) is 0 Å². The van der Waals surface area contributed by atoms with Gasteiger partial charge in [-0.3, -0.25) is 19.4 Å². The van der Waals surface area contributed by atoms with Crippen molar-refractivity contribution in [3.8, 4) is 0 Å². The van der Waals surface area contributed by atoms with Crippen LogP contribution in [0.1, 0.15) is 18.4 Å². The van der Waals surface area contributed by atoms with E-state index in [0.29, 0.717) is 0 Å². The van der Waals surface area contributed by atoms with Gasteiger partial charge in [-0.05, 0) is 36.5 Å². The van der Waals surface area contributed by atoms with Crippen LogP contribution in [0.15, 0.2) is 296 Å². The van der Waals surface area contributed by atoms with E-state index in [1.165, 1.54) is 115 Å². The van der Waals surface area contributed by atoms with Gasteiger partial charge < -0.3 is 5.32 Å². The summed E-state index contributed by atoms with van der Waals surface area (Å²) in [7, 11) is 6.33. The quantitative estimate of drug-likeness (QED) is 0.0335. The zero-order valence-corrected chi connectivity index (χ0v) is 71.1. The van der Waals surface area contributed by atoms with Crippen molar-refractivity contribution >= 4 is 279 Å². The molecule has 12 aromatic rings. The minimum Gasteiger partial charge on any atom is -0.354 e. The Kier molecular flexibility index (Phi) is 24.8. The van der Waals surface area contributed by atoms with Gasteiger partial charge >= 0.3 is 525 Å². The summed E-state index contributed by atoms with van der Waals surface area (Å²) < 4.78 is 12.2. The second-order valence-electron chi connectivity index (χ2n) is 22.6. The number of fused-ring (bicyclic) bond motifs is 8. The molecule has 10 heterocycles. The van der Waals surface area contributed by atoms with Gasteiger partial charge in [-0.25, -0.2) is 0 Å². The first kappa shape index (κ1) is 73.9. The topological polar surface area (TPSA) is 120 Å². The maximum Gasteiger partial charge on any atom is 0.0526 e. The number of anilines is 11. The molecular formula is C78H59IN8O5S6Te4. The number of halogens is 1. The molecule has 0 aliphatic carbocycles. The fourth-order valence-electron chi connectivity index (χ4n) is 11.1. The van der Waals surface area contributed by atoms with Crippen LogP contribution in [0, 0.1) is 1.59 Å². The number of rotatable bonds is 5. The monoisotopic (exact) mass is 2030 g/mol. The fraction of sp³-hybridized carbons (Fsp3) is 0.0641. The molecule has 0 saturated carbocycles. The van der Waals surface area contributed by atoms with Gasteiger partial charge in [-0.1, -0.05) is 36.0 Å². The van der Waals surface area contributed by atoms with Crippen LogP contribution in [0.25, 0.3) is 6.08 Å². The predicted octanol–water partition coefficient (Wildman–Crippen LogP) is 18.3. The second kappa shape index (κ2) is 34.3. The van der Waals surface area contributed by atoms with E-state index in [1.807, 2.05) is 47.4 Å². The summed E-state index contributed by atoms with van der Waals surface area (Å²) in [4.78, 5) is 80.9. The molecule has 1 N–H and O–H groups in total. The zero-order chi connectivity index (χ0) is 71.0. The summed E-state index contributed by atoms with van der Waals surface area (Å²) >= 11 is 18.3. The largest absolute Gasteiger partial charge is 0.354 e. The second-order valence-corrected chi connectivity index (χ2v) is 42.7. The van der Waals surface area contributed by atoms with Crippen LogP contribution >= 0.6 is 94.1 Å². The van der Waals surface area contributed by atoms with Gasteiger partial charge in [0.2, 0.25) is 11.8 Å². The molecule has 2 saturated heterocycles. The molecule has 102 heavy (non-hydrogen) atoms. The van der Waals surface area contributed by atoms with Gasteiger partial charge in [0.15, 0.2) is 5.11 Å². The third kappa shape index (κ3) is 16.7. The molecule has 18 rings (SSSR count). The number of hydrogen-bond acceptors (Lipinski definition) is 15. The number of hydrogen-bond donors (Lipinski definition) is 1. The van der Waals surface area contributed by atoms with Crippen LogP contribution in [0.5, 0.6) is 0 Å². The van der Waals surface area contributed by atoms with Crippen LogP contribution < -0.4 is 20.0 Å². The molecule has 4 aromatic heterocycles. The molecule has 0 bridgehead atoms. The molecule has 0 atom stereocenters. The Morgan fingerprint density at radius 2 is 0.716 bits per heavy atom. The predicted molar refractivity (Wildman–Crippen MR) is 437 cm³/mol. The molecule has 4 amide bonds. The average Bonchev–Trinajstić information content (AvgIpc) is 1.39. The number of nitrogens with zero attached hydrogens (tertiary/aromatic N) is 7. The Morgan fingerprint density at radius 1 is 0.382 bits per heavy atom. The Morgan fingerprint density at radius 3 is 1.07 bits per heavy atom. The summed E-state index contributed by atoms with van der Waals surface area (Å²) in [5.74, 6) is -1.17. The summed E-state index contributed by atoms with van der Waals surface area (Å²) in [6, 6.07) is 84.9. The zero-order valence-electron chi connectivity index (χ0n) is 54.7. The van der Waals surface area contributed by atoms with Gasteiger partial charge in [-0.2, -0.15) is 0 Å². The number of para-hydroxylation sites is 8. The van der Waals surface area contributed by atoms with Crippen molar-refractivity contribution in [2.24, 2.45) is 0 Å². The van der Waals surface area contributed by atoms with Gasteiger partial charge in [0.25, 0.3) is 0 Å². The summed E-state index contributed by atoms with van der Waals surface area (Å²) in [6.45, 7) is 0. The summed E-state index contributed by atoms with van der Waals surface area (Å²) in [5, 5.41) is 3.91. The Bertz CT molecular complexity index is 4920. The van der Waals surface area contributed by atoms with Crippen molar-refractivity contribution in [1.29, 1.82) is 0 Å². The van der Waals surface area contributed by atoms with Crippen molar-refractivity contribution < 1.29 is 24.0 Å². The van der Waals surface area contributed by atoms with Gasteiger partial charge in [-0.15, -0.1) is 0 Å². The van der Waals surface area contributed by atoms with Crippen LogP contribution in [0.4, 0.5) is 56.6 Å². The Balaban J connectivity index is 0.000000116. The Hall–Kier alpha value is -6.36. The number of amides is 4. The fourth-order valence-corrected chi connectivity index (χ4v) is 25.4. The first-order valence-corrected chi connectivity index (χ1v) is 46.3. The normalized spacial score (nSPS) is 14.2. The van der Waals surface area contributed by atoms with E-state index in [9.17, 15) is 24.0 Å². The van der Waals surface area contributed by atoms with Gasteiger partial charge in [0, 0.05) is 23.9 Å². The average molecular weight is 2020 g/mol. The van der Waals surface area contributed by atoms with E-state index in [2.05, 4.69) is 281 Å². The standard InChI is InChI=1S/C23H17N3O2S2Te.C17H11NOSTe.C16H11NSTe.C12H9NS.C6H8N2O2S.C4H3ITe/c1-24-21(27)15(22(28)25(2)23(24)29)13-14-11-12-20(31-14)26-16-7-3-5-9-18(16)30-19-10-6-4-8-17(19)26;19-11-12-9-10-17(21-12)18-13-5-1-3-7-15(13)20-16-8-4-2-6-14(16)18;1-3-8-14-12(6-1)17(16-10-5-11-19-16)13-7-2-4-9-15(13)18-14;1-3-7-11-9(5-1)13-10-6-2-4-8-12(10)14-11;1-7-4(9)3-5(10)8(2)6(7)11;5-4-2-1-3-6-4/h3-13H,1-2H3;1-11H;1-11H;1-8,13H;3H2,1-2H3;1-3H. The molecule has 6 aliphatic heterocycles. The number of carbonyl (C=O) groups is 5. The van der Waals surface area contributed by atoms with E-state index in [-0.39, 0.29) is 86.7 Å². The minimum absolute atomic E-state index is 0.0763. The molecule has 8 aromatic carbocycles. The maximum atomic E-state index is 12.7. The summed E-state index contributed by atoms with van der Waals surface area (Å²) in [6.07, 6.45) is 2.68. The third-order valence-electron chi connectivity index (χ3n) is 16.1. The molecular weight excluding hydrogens is 1960 g/mol. The molecule has 24 heteroatoms. The molecule has 0 spiro atoms. The first-order valence-electron chi connectivity index (χ1n) is 31.5. The van der Waals surface area contributed by atoms with Crippen molar-refractivity contribution in [2.75, 3.05) is 48.2 Å². The molecule has 508 valence electrons. The SMILES string of the molecule is CN1C(=O)C(=Cc2ccc(N3c4ccccc4Sc4ccccc43)[te]2)C(=O)N(C)C1=S.CN1C(=O)CC(=O)N(C)C1=S.Ic1ccc[te]1.O=Cc1ccc(N2c3ccccc3Sc3ccccc32)[te]1.c1c[te]c(N2c3ccccc3Sc3ccccc32)c1.c1ccc2c(c1)Nc1ccccc1S2. The Labute approximate surface area is 672 Å². The number of benzene rings is 8. The molecule has 0 radical (unpaired) electrons. The maximum absolute atomic E-state index is 12.7. The molecule has 13 nitrogen and oxygen atoms in total. The number of nitrogens with one attached hydrogen (secondary N) is 1. The number of likely N-dealkylation sites (N-methyl/N-ethyl adjacent to an activating group) is 2. The van der Waals surface area contributed by atoms with Crippen LogP contribution in [-0.2, 0) is 19.2 Å². The molecule has 0 unspecified atom stereocenters. The van der Waals surface area contributed by atoms with E-state index in [1.54, 1.807) is 47.6 Å². The smallest absolute Gasteiger partial charge is 0.0526 e. The van der Waals surface area contributed by atoms with Crippen molar-refractivity contribution in [3.05, 3.63) is 265 Å². The molecule has 2 fully saturated rings. The van der Waals surface area contributed by atoms with Gasteiger partial charge in [0.05, 0.1) is 11.4 Å². The van der Waals surface area contributed by atoms with E-state index in [4.69, 9.17) is 24.4 Å². The minimum atomic E-state index is -0.804. The number of carbonyl (C=O) groups excluding carboxylic acids is 5. The van der Waals surface area contributed by atoms with E-state index in [0.717, 1.165) is 13.4 Å². The van der Waals surface area contributed by atoms with Crippen LogP contribution in [-0.4, -0.2) is 170 Å². The van der Waals surface area contributed by atoms with E-state index >= 15 is 0 Å². The van der Waals surface area contributed by atoms with Crippen LogP contribution in [0.2, 0.25) is 0 Å². The van der Waals surface area contributed by atoms with Crippen molar-refractivity contribution in [2.45, 2.75) is 45.6 Å². The third-order valence-corrected chi connectivity index (χ3v) is 33.9.